The van der Waals surface area contributed by atoms with E-state index in [-0.39, 0.29) is 23.8 Å². The van der Waals surface area contributed by atoms with Gasteiger partial charge in [0.2, 0.25) is 5.91 Å². The van der Waals surface area contributed by atoms with E-state index in [2.05, 4.69) is 15.6 Å². The normalized spacial score (nSPS) is 18.7. The van der Waals surface area contributed by atoms with E-state index in [1.54, 1.807) is 18.3 Å². The molecule has 0 radical (unpaired) electrons. The summed E-state index contributed by atoms with van der Waals surface area (Å²) in [6.07, 6.45) is 7.57. The van der Waals surface area contributed by atoms with Gasteiger partial charge in [-0.05, 0) is 68.9 Å². The molecule has 1 saturated carbocycles. The lowest BCUT2D eigenvalue weighted by Gasteiger charge is -2.28. The van der Waals surface area contributed by atoms with Crippen LogP contribution in [0.15, 0.2) is 48.8 Å². The largest absolute Gasteiger partial charge is 0.494 e. The van der Waals surface area contributed by atoms with Crippen LogP contribution in [0.2, 0.25) is 0 Å². The zero-order chi connectivity index (χ0) is 20.5. The van der Waals surface area contributed by atoms with E-state index in [1.165, 1.54) is 0 Å². The van der Waals surface area contributed by atoms with E-state index in [0.717, 1.165) is 37.7 Å². The molecule has 154 valence electrons. The van der Waals surface area contributed by atoms with Crippen LogP contribution in [-0.2, 0) is 11.2 Å². The van der Waals surface area contributed by atoms with Crippen molar-refractivity contribution in [2.45, 2.75) is 45.1 Å². The number of aromatic nitrogens is 1. The molecule has 29 heavy (non-hydrogen) atoms. The number of nitrogens with one attached hydrogen (secondary N) is 2. The molecule has 3 rings (SSSR count). The molecule has 0 bridgehead atoms. The van der Waals surface area contributed by atoms with Crippen molar-refractivity contribution < 1.29 is 14.3 Å². The summed E-state index contributed by atoms with van der Waals surface area (Å²) in [7, 11) is 0. The highest BCUT2D eigenvalue weighted by atomic mass is 16.5. The minimum atomic E-state index is -0.0871. The van der Waals surface area contributed by atoms with Gasteiger partial charge >= 0.3 is 0 Å². The van der Waals surface area contributed by atoms with E-state index >= 15 is 0 Å². The molecule has 1 fully saturated rings. The monoisotopic (exact) mass is 395 g/mol. The van der Waals surface area contributed by atoms with Gasteiger partial charge in [0.1, 0.15) is 5.75 Å². The smallest absolute Gasteiger partial charge is 0.251 e. The average molecular weight is 396 g/mol. The van der Waals surface area contributed by atoms with Crippen molar-refractivity contribution in [3.8, 4) is 5.75 Å². The summed E-state index contributed by atoms with van der Waals surface area (Å²) in [5, 5.41) is 6.13. The van der Waals surface area contributed by atoms with Crippen LogP contribution < -0.4 is 15.4 Å². The van der Waals surface area contributed by atoms with Crippen LogP contribution in [0.5, 0.6) is 5.75 Å². The molecule has 0 saturated heterocycles. The molecule has 0 aliphatic heterocycles. The number of amides is 2. The first-order valence-electron chi connectivity index (χ1n) is 10.4. The van der Waals surface area contributed by atoms with Crippen LogP contribution in [0, 0.1) is 5.92 Å². The maximum absolute atomic E-state index is 12.5. The van der Waals surface area contributed by atoms with Crippen LogP contribution >= 0.6 is 0 Å². The Kier molecular flexibility index (Phi) is 7.61. The lowest BCUT2D eigenvalue weighted by atomic mass is 9.85. The number of carbonyl (C=O) groups excluding carboxylic acids is 2. The van der Waals surface area contributed by atoms with E-state index in [1.807, 2.05) is 37.4 Å². The second-order valence-electron chi connectivity index (χ2n) is 7.39. The van der Waals surface area contributed by atoms with Gasteiger partial charge in [0, 0.05) is 36.5 Å². The Morgan fingerprint density at radius 3 is 2.69 bits per heavy atom. The van der Waals surface area contributed by atoms with Gasteiger partial charge in [-0.3, -0.25) is 14.6 Å². The zero-order valence-corrected chi connectivity index (χ0v) is 16.9. The summed E-state index contributed by atoms with van der Waals surface area (Å²) in [4.78, 5) is 29.0. The van der Waals surface area contributed by atoms with Crippen LogP contribution in [-0.4, -0.2) is 36.0 Å². The fourth-order valence-electron chi connectivity index (χ4n) is 3.68. The first kappa shape index (κ1) is 20.8. The lowest BCUT2D eigenvalue weighted by molar-refractivity contribution is -0.126. The Hall–Kier alpha value is -2.89. The highest BCUT2D eigenvalue weighted by molar-refractivity contribution is 5.94. The molecular weight excluding hydrogens is 366 g/mol. The minimum Gasteiger partial charge on any atom is -0.494 e. The molecule has 1 aliphatic carbocycles. The van der Waals surface area contributed by atoms with Crippen molar-refractivity contribution in [2.75, 3.05) is 13.2 Å². The predicted molar refractivity (Wildman–Crippen MR) is 112 cm³/mol. The van der Waals surface area contributed by atoms with Gasteiger partial charge in [0.25, 0.3) is 5.91 Å². The minimum absolute atomic E-state index is 0.0262. The Labute approximate surface area is 172 Å². The molecule has 2 aromatic rings. The summed E-state index contributed by atoms with van der Waals surface area (Å²) < 4.78 is 5.46. The third-order valence-electron chi connectivity index (χ3n) is 5.28. The Morgan fingerprint density at radius 2 is 1.97 bits per heavy atom. The maximum atomic E-state index is 12.5. The fourth-order valence-corrected chi connectivity index (χ4v) is 3.68. The number of ether oxygens (including phenoxy) is 1. The van der Waals surface area contributed by atoms with Gasteiger partial charge in [-0.25, -0.2) is 0 Å². The zero-order valence-electron chi connectivity index (χ0n) is 16.9. The van der Waals surface area contributed by atoms with E-state index in [9.17, 15) is 9.59 Å². The molecule has 1 aliphatic rings. The molecule has 0 spiro atoms. The first-order valence-corrected chi connectivity index (χ1v) is 10.4. The topological polar surface area (TPSA) is 80.3 Å². The molecule has 6 heteroatoms. The summed E-state index contributed by atoms with van der Waals surface area (Å²) >= 11 is 0. The first-order chi connectivity index (χ1) is 14.2. The average Bonchev–Trinajstić information content (AvgIpc) is 2.75. The summed E-state index contributed by atoms with van der Waals surface area (Å²) in [5.41, 5.74) is 1.72. The van der Waals surface area contributed by atoms with Crippen molar-refractivity contribution in [3.05, 3.63) is 59.9 Å². The van der Waals surface area contributed by atoms with E-state index in [0.29, 0.717) is 24.5 Å². The number of carbonyl (C=O) groups is 2. The Morgan fingerprint density at radius 1 is 1.14 bits per heavy atom. The number of pyridine rings is 1. The van der Waals surface area contributed by atoms with Gasteiger partial charge in [0.05, 0.1) is 6.61 Å². The Balaban J connectivity index is 1.40. The molecule has 1 aromatic heterocycles. The van der Waals surface area contributed by atoms with Crippen LogP contribution in [0.1, 0.15) is 48.5 Å². The van der Waals surface area contributed by atoms with Gasteiger partial charge in [-0.2, -0.15) is 0 Å². The predicted octanol–water partition coefficient (Wildman–Crippen LogP) is 3.13. The molecule has 2 N–H and O–H groups in total. The molecule has 0 atom stereocenters. The van der Waals surface area contributed by atoms with Crippen molar-refractivity contribution >= 4 is 11.8 Å². The summed E-state index contributed by atoms with van der Waals surface area (Å²) in [5.74, 6) is 0.754. The van der Waals surface area contributed by atoms with Gasteiger partial charge < -0.3 is 15.4 Å². The summed E-state index contributed by atoms with van der Waals surface area (Å²) in [6.45, 7) is 3.11. The number of nitrogens with zero attached hydrogens (tertiary/aromatic N) is 1. The standard InChI is InChI=1S/C23H29N3O3/c1-2-29-21-7-3-6-19(15-21)23(28)26-20-10-8-18(9-11-20)22(27)25-14-12-17-5-4-13-24-16-17/h3-7,13,15-16,18,20H,2,8-12,14H2,1H3,(H,25,27)(H,26,28). The molecule has 2 amide bonds. The van der Waals surface area contributed by atoms with Crippen LogP contribution in [0.3, 0.4) is 0 Å². The third kappa shape index (κ3) is 6.31. The SMILES string of the molecule is CCOc1cccc(C(=O)NC2CCC(C(=O)NCCc3cccnc3)CC2)c1. The van der Waals surface area contributed by atoms with E-state index < -0.39 is 0 Å². The van der Waals surface area contributed by atoms with E-state index in [4.69, 9.17) is 4.74 Å². The summed E-state index contributed by atoms with van der Waals surface area (Å²) in [6, 6.07) is 11.2. The number of rotatable bonds is 8. The number of hydrogen-bond acceptors (Lipinski definition) is 4. The Bertz CT molecular complexity index is 802. The molecule has 0 unspecified atom stereocenters. The fraction of sp³-hybridized carbons (Fsp3) is 0.435. The van der Waals surface area contributed by atoms with Crippen LogP contribution in [0.4, 0.5) is 0 Å². The number of hydrogen-bond donors (Lipinski definition) is 2. The third-order valence-corrected chi connectivity index (χ3v) is 5.28. The van der Waals surface area contributed by atoms with Crippen molar-refractivity contribution in [3.63, 3.8) is 0 Å². The van der Waals surface area contributed by atoms with Crippen molar-refractivity contribution in [1.29, 1.82) is 0 Å². The van der Waals surface area contributed by atoms with Gasteiger partial charge in [-0.1, -0.05) is 12.1 Å². The molecular formula is C23H29N3O3. The van der Waals surface area contributed by atoms with Crippen LogP contribution in [0.25, 0.3) is 0 Å². The highest BCUT2D eigenvalue weighted by Gasteiger charge is 2.27. The quantitative estimate of drug-likeness (QED) is 0.720. The number of benzene rings is 1. The lowest BCUT2D eigenvalue weighted by Crippen LogP contribution is -2.41. The molecule has 1 heterocycles. The van der Waals surface area contributed by atoms with Gasteiger partial charge in [-0.15, -0.1) is 0 Å². The molecule has 6 nitrogen and oxygen atoms in total. The van der Waals surface area contributed by atoms with Gasteiger partial charge in [0.15, 0.2) is 0 Å². The molecule has 1 aromatic carbocycles. The highest BCUT2D eigenvalue weighted by Crippen LogP contribution is 2.25. The second kappa shape index (κ2) is 10.6. The van der Waals surface area contributed by atoms with Crippen molar-refractivity contribution in [1.82, 2.24) is 15.6 Å². The second-order valence-corrected chi connectivity index (χ2v) is 7.39. The van der Waals surface area contributed by atoms with Crippen molar-refractivity contribution in [2.24, 2.45) is 5.92 Å². The maximum Gasteiger partial charge on any atom is 0.251 e.